The quantitative estimate of drug-likeness (QED) is 0.495. The van der Waals surface area contributed by atoms with E-state index in [0.29, 0.717) is 4.88 Å². The Kier molecular flexibility index (Phi) is 3.18. The number of hydrogen-bond acceptors (Lipinski definition) is 4. The van der Waals surface area contributed by atoms with Gasteiger partial charge in [0.1, 0.15) is 4.32 Å². The van der Waals surface area contributed by atoms with Crippen LogP contribution in [-0.4, -0.2) is 20.8 Å². The topological polar surface area (TPSA) is 37.3 Å². The van der Waals surface area contributed by atoms with Crippen LogP contribution < -0.4 is 0 Å². The predicted molar refractivity (Wildman–Crippen MR) is 57.7 cm³/mol. The van der Waals surface area contributed by atoms with E-state index in [1.54, 1.807) is 17.5 Å². The molecule has 70 valence electrons. The first kappa shape index (κ1) is 10.8. The van der Waals surface area contributed by atoms with Crippen LogP contribution in [0.4, 0.5) is 0 Å². The van der Waals surface area contributed by atoms with E-state index in [-0.39, 0.29) is 4.32 Å². The van der Waals surface area contributed by atoms with Crippen LogP contribution in [0.2, 0.25) is 0 Å². The van der Waals surface area contributed by atoms with Gasteiger partial charge in [0.25, 0.3) is 0 Å². The molecule has 0 aromatic carbocycles. The zero-order valence-electron chi connectivity index (χ0n) is 6.78. The third-order valence-corrected chi connectivity index (χ3v) is 3.20. The summed E-state index contributed by atoms with van der Waals surface area (Å²) in [6.07, 6.45) is 0. The number of hydrogen-bond donors (Lipinski definition) is 1. The fourth-order valence-electron chi connectivity index (χ4n) is 0.737. The summed E-state index contributed by atoms with van der Waals surface area (Å²) in [4.78, 5) is 12.0. The largest absolute Gasteiger partial charge is 0.375 e. The van der Waals surface area contributed by atoms with Crippen molar-refractivity contribution in [1.29, 1.82) is 0 Å². The van der Waals surface area contributed by atoms with Gasteiger partial charge in [-0.05, 0) is 18.4 Å². The van der Waals surface area contributed by atoms with Gasteiger partial charge in [0, 0.05) is 0 Å². The van der Waals surface area contributed by atoms with Gasteiger partial charge in [0.2, 0.25) is 5.78 Å². The van der Waals surface area contributed by atoms with E-state index in [9.17, 15) is 9.90 Å². The molecule has 1 N–H and O–H groups in total. The molecule has 1 aromatic heterocycles. The van der Waals surface area contributed by atoms with Gasteiger partial charge in [-0.3, -0.25) is 4.79 Å². The van der Waals surface area contributed by atoms with Crippen LogP contribution in [0, 0.1) is 0 Å². The minimum atomic E-state index is -1.75. The Balaban J connectivity index is 2.98. The van der Waals surface area contributed by atoms with Gasteiger partial charge < -0.3 is 5.11 Å². The van der Waals surface area contributed by atoms with E-state index >= 15 is 0 Å². The first-order valence-corrected chi connectivity index (χ1v) is 5.13. The lowest BCUT2D eigenvalue weighted by molar-refractivity contribution is 0.0667. The molecule has 0 fully saturated rings. The van der Waals surface area contributed by atoms with Gasteiger partial charge in [-0.1, -0.05) is 29.9 Å². The summed E-state index contributed by atoms with van der Waals surface area (Å²) >= 11 is 11.3. The zero-order valence-corrected chi connectivity index (χ0v) is 9.17. The number of thiophene rings is 1. The maximum Gasteiger partial charge on any atom is 0.210 e. The van der Waals surface area contributed by atoms with Crippen LogP contribution in [0.3, 0.4) is 0 Å². The Labute approximate surface area is 90.1 Å². The first-order chi connectivity index (χ1) is 5.96. The molecule has 0 unspecified atom stereocenters. The number of Topliss-reactive ketones (excluding diaryl/α,β-unsaturated/α-hetero) is 1. The van der Waals surface area contributed by atoms with Crippen molar-refractivity contribution in [3.05, 3.63) is 22.4 Å². The summed E-state index contributed by atoms with van der Waals surface area (Å²) in [5.74, 6) is -0.456. The summed E-state index contributed by atoms with van der Waals surface area (Å²) in [5.41, 5.74) is -1.75. The Hall–Kier alpha value is -0.290. The summed E-state index contributed by atoms with van der Waals surface area (Å²) in [6, 6.07) is 3.35. The van der Waals surface area contributed by atoms with Crippen molar-refractivity contribution < 1.29 is 9.90 Å². The SMILES string of the molecule is C[C@](O)(C(=O)c1cccs1)C(=S)Cl. The average molecular weight is 235 g/mol. The van der Waals surface area contributed by atoms with Gasteiger partial charge in [0.15, 0.2) is 5.60 Å². The van der Waals surface area contributed by atoms with Crippen molar-refractivity contribution in [2.24, 2.45) is 0 Å². The predicted octanol–water partition coefficient (Wildman–Crippen LogP) is 2.25. The first-order valence-electron chi connectivity index (χ1n) is 3.47. The molecule has 0 aliphatic rings. The molecule has 0 spiro atoms. The minimum Gasteiger partial charge on any atom is -0.375 e. The van der Waals surface area contributed by atoms with E-state index in [4.69, 9.17) is 11.6 Å². The fraction of sp³-hybridized carbons (Fsp3) is 0.250. The van der Waals surface area contributed by atoms with E-state index < -0.39 is 11.4 Å². The van der Waals surface area contributed by atoms with Crippen LogP contribution in [0.15, 0.2) is 17.5 Å². The highest BCUT2D eigenvalue weighted by Gasteiger charge is 2.35. The highest BCUT2D eigenvalue weighted by molar-refractivity contribution is 7.83. The number of carbonyl (C=O) groups is 1. The van der Waals surface area contributed by atoms with Crippen molar-refractivity contribution in [3.8, 4) is 0 Å². The third kappa shape index (κ3) is 2.14. The molecule has 0 saturated carbocycles. The molecule has 0 radical (unpaired) electrons. The minimum absolute atomic E-state index is 0.231. The lowest BCUT2D eigenvalue weighted by Gasteiger charge is -2.17. The second kappa shape index (κ2) is 3.84. The summed E-state index contributed by atoms with van der Waals surface area (Å²) < 4.78 is -0.231. The molecule has 0 bridgehead atoms. The van der Waals surface area contributed by atoms with E-state index in [1.165, 1.54) is 18.3 Å². The van der Waals surface area contributed by atoms with Crippen LogP contribution in [0.1, 0.15) is 16.6 Å². The Morgan fingerprint density at radius 1 is 1.77 bits per heavy atom. The number of halogens is 1. The second-order valence-corrected chi connectivity index (χ2v) is 4.61. The van der Waals surface area contributed by atoms with Crippen LogP contribution in [0.5, 0.6) is 0 Å². The lowest BCUT2D eigenvalue weighted by atomic mass is 10.0. The fourth-order valence-corrected chi connectivity index (χ4v) is 1.68. The van der Waals surface area contributed by atoms with E-state index in [1.807, 2.05) is 0 Å². The number of rotatable bonds is 3. The van der Waals surface area contributed by atoms with Crippen molar-refractivity contribution >= 4 is 45.3 Å². The van der Waals surface area contributed by atoms with Gasteiger partial charge in [0.05, 0.1) is 4.88 Å². The number of carbonyl (C=O) groups excluding carboxylic acids is 1. The Bertz CT molecular complexity index is 330. The summed E-state index contributed by atoms with van der Waals surface area (Å²) in [6.45, 7) is 1.30. The molecule has 13 heavy (non-hydrogen) atoms. The van der Waals surface area contributed by atoms with Gasteiger partial charge in [-0.2, -0.15) is 0 Å². The van der Waals surface area contributed by atoms with Gasteiger partial charge in [-0.15, -0.1) is 11.3 Å². The molecule has 0 aliphatic heterocycles. The second-order valence-electron chi connectivity index (χ2n) is 2.65. The smallest absolute Gasteiger partial charge is 0.210 e. The molecule has 0 amide bonds. The van der Waals surface area contributed by atoms with Crippen molar-refractivity contribution in [1.82, 2.24) is 0 Å². The highest BCUT2D eigenvalue weighted by atomic mass is 35.5. The molecule has 0 saturated heterocycles. The Morgan fingerprint density at radius 2 is 2.38 bits per heavy atom. The molecular formula is C8H7ClO2S2. The molecule has 0 aliphatic carbocycles. The van der Waals surface area contributed by atoms with Crippen LogP contribution in [-0.2, 0) is 0 Å². The third-order valence-electron chi connectivity index (χ3n) is 1.57. The van der Waals surface area contributed by atoms with Crippen molar-refractivity contribution in [2.45, 2.75) is 12.5 Å². The molecule has 1 aromatic rings. The van der Waals surface area contributed by atoms with Crippen molar-refractivity contribution in [3.63, 3.8) is 0 Å². The molecule has 1 atom stereocenters. The lowest BCUT2D eigenvalue weighted by Crippen LogP contribution is -2.39. The van der Waals surface area contributed by atoms with E-state index in [2.05, 4.69) is 12.2 Å². The maximum absolute atomic E-state index is 11.6. The molecule has 2 nitrogen and oxygen atoms in total. The van der Waals surface area contributed by atoms with Crippen LogP contribution >= 0.6 is 35.2 Å². The van der Waals surface area contributed by atoms with Gasteiger partial charge in [-0.25, -0.2) is 0 Å². The molecule has 1 heterocycles. The summed E-state index contributed by atoms with van der Waals surface area (Å²) in [5, 5.41) is 11.4. The number of thiocarbonyl (C=S) groups is 1. The molecule has 1 rings (SSSR count). The number of ketones is 1. The van der Waals surface area contributed by atoms with Crippen LogP contribution in [0.25, 0.3) is 0 Å². The monoisotopic (exact) mass is 234 g/mol. The molecular weight excluding hydrogens is 228 g/mol. The van der Waals surface area contributed by atoms with Gasteiger partial charge >= 0.3 is 0 Å². The zero-order chi connectivity index (χ0) is 10.1. The normalized spacial score (nSPS) is 15.0. The van der Waals surface area contributed by atoms with Crippen molar-refractivity contribution in [2.75, 3.05) is 0 Å². The Morgan fingerprint density at radius 3 is 2.77 bits per heavy atom. The number of aliphatic hydroxyl groups is 1. The average Bonchev–Trinajstić information content (AvgIpc) is 2.54. The summed E-state index contributed by atoms with van der Waals surface area (Å²) in [7, 11) is 0. The molecule has 5 heteroatoms. The highest BCUT2D eigenvalue weighted by Crippen LogP contribution is 2.20. The maximum atomic E-state index is 11.6. The van der Waals surface area contributed by atoms with E-state index in [0.717, 1.165) is 0 Å². The standard InChI is InChI=1S/C8H7ClO2S2/c1-8(11,7(9)12)6(10)5-3-2-4-13-5/h2-4,11H,1H3/t8-/m0/s1.